The standard InChI is InChI=1S/C25H27N3O4/c1-18-8-10-20(11-9-18)22(29)23(28-17-26)27-14-3-6-19-5-2-7-21(15-19)32-16-25(24(30)31)12-4-13-25/h2-3,5-11,15,17H,4,12-14,16H2,1H3,(H,30,31)(H2,26,27,28)/b6-3+. The minimum absolute atomic E-state index is 0.0394. The van der Waals surface area contributed by atoms with E-state index < -0.39 is 11.4 Å². The van der Waals surface area contributed by atoms with Crippen LogP contribution in [0.15, 0.2) is 64.6 Å². The Kier molecular flexibility index (Phi) is 7.54. The van der Waals surface area contributed by atoms with Crippen molar-refractivity contribution in [3.63, 3.8) is 0 Å². The lowest BCUT2D eigenvalue weighted by Gasteiger charge is -2.37. The Hall–Kier alpha value is -3.74. The summed E-state index contributed by atoms with van der Waals surface area (Å²) in [6.45, 7) is 2.36. The van der Waals surface area contributed by atoms with Gasteiger partial charge in [0.05, 0.1) is 12.9 Å². The number of carbonyl (C=O) groups is 2. The third-order valence-corrected chi connectivity index (χ3v) is 5.51. The van der Waals surface area contributed by atoms with Gasteiger partial charge in [0, 0.05) is 5.56 Å². The van der Waals surface area contributed by atoms with Crippen LogP contribution in [-0.4, -0.2) is 42.2 Å². The van der Waals surface area contributed by atoms with Crippen LogP contribution in [0.25, 0.3) is 6.08 Å². The van der Waals surface area contributed by atoms with Gasteiger partial charge in [-0.05, 0) is 37.5 Å². The molecule has 0 radical (unpaired) electrons. The topological polar surface area (TPSA) is 114 Å². The van der Waals surface area contributed by atoms with Crippen LogP contribution in [0.5, 0.6) is 5.75 Å². The maximum Gasteiger partial charge on any atom is 0.313 e. The largest absolute Gasteiger partial charge is 0.492 e. The van der Waals surface area contributed by atoms with Gasteiger partial charge in [-0.25, -0.2) is 4.99 Å². The summed E-state index contributed by atoms with van der Waals surface area (Å²) >= 11 is 0. The van der Waals surface area contributed by atoms with Gasteiger partial charge < -0.3 is 15.6 Å². The summed E-state index contributed by atoms with van der Waals surface area (Å²) in [4.78, 5) is 32.2. The number of aliphatic carboxylic acids is 1. The van der Waals surface area contributed by atoms with Gasteiger partial charge in [-0.15, -0.1) is 0 Å². The molecule has 0 aliphatic heterocycles. The molecule has 1 aliphatic carbocycles. The SMILES string of the molecule is Cc1ccc(C(=O)C(N=CN)=NC/C=C/c2cccc(OCC3(C(=O)O)CCC3)c2)cc1. The van der Waals surface area contributed by atoms with Crippen LogP contribution in [-0.2, 0) is 4.79 Å². The molecular weight excluding hydrogens is 406 g/mol. The van der Waals surface area contributed by atoms with Gasteiger partial charge in [0.2, 0.25) is 5.78 Å². The number of benzene rings is 2. The zero-order chi connectivity index (χ0) is 23.0. The Morgan fingerprint density at radius 2 is 1.94 bits per heavy atom. The molecule has 166 valence electrons. The van der Waals surface area contributed by atoms with E-state index in [-0.39, 0.29) is 24.8 Å². The highest BCUT2D eigenvalue weighted by atomic mass is 16.5. The second-order valence-electron chi connectivity index (χ2n) is 7.84. The summed E-state index contributed by atoms with van der Waals surface area (Å²) in [5.74, 6) is -0.434. The molecule has 7 nitrogen and oxygen atoms in total. The first-order chi connectivity index (χ1) is 15.4. The van der Waals surface area contributed by atoms with E-state index in [9.17, 15) is 14.7 Å². The minimum atomic E-state index is -0.797. The number of hydrogen-bond donors (Lipinski definition) is 2. The van der Waals surface area contributed by atoms with Gasteiger partial charge in [0.1, 0.15) is 17.8 Å². The molecule has 2 aromatic rings. The highest BCUT2D eigenvalue weighted by molar-refractivity contribution is 6.46. The molecule has 1 saturated carbocycles. The van der Waals surface area contributed by atoms with Gasteiger partial charge >= 0.3 is 5.97 Å². The smallest absolute Gasteiger partial charge is 0.313 e. The molecule has 0 atom stereocenters. The molecule has 0 aromatic heterocycles. The third-order valence-electron chi connectivity index (χ3n) is 5.51. The molecule has 1 fully saturated rings. The number of ketones is 1. The van der Waals surface area contributed by atoms with Crippen LogP contribution in [0.2, 0.25) is 0 Å². The first-order valence-corrected chi connectivity index (χ1v) is 10.5. The van der Waals surface area contributed by atoms with Crippen molar-refractivity contribution in [3.8, 4) is 5.75 Å². The van der Waals surface area contributed by atoms with Crippen molar-refractivity contribution in [3.05, 3.63) is 71.3 Å². The van der Waals surface area contributed by atoms with Crippen molar-refractivity contribution in [2.45, 2.75) is 26.2 Å². The zero-order valence-electron chi connectivity index (χ0n) is 18.0. The van der Waals surface area contributed by atoms with Crippen LogP contribution in [0.3, 0.4) is 0 Å². The van der Waals surface area contributed by atoms with E-state index in [4.69, 9.17) is 10.5 Å². The average molecular weight is 434 g/mol. The van der Waals surface area contributed by atoms with E-state index >= 15 is 0 Å². The molecular formula is C25H27N3O4. The van der Waals surface area contributed by atoms with E-state index in [1.54, 1.807) is 24.3 Å². The molecule has 0 bridgehead atoms. The van der Waals surface area contributed by atoms with Crippen LogP contribution in [0, 0.1) is 12.3 Å². The number of Topliss-reactive ketones (excluding diaryl/α,β-unsaturated/α-hetero) is 1. The molecule has 3 N–H and O–H groups in total. The summed E-state index contributed by atoms with van der Waals surface area (Å²) in [5.41, 5.74) is 7.06. The quantitative estimate of drug-likeness (QED) is 0.353. The Bertz CT molecular complexity index is 1050. The van der Waals surface area contributed by atoms with E-state index in [0.717, 1.165) is 23.9 Å². The second-order valence-corrected chi connectivity index (χ2v) is 7.84. The molecule has 0 spiro atoms. The van der Waals surface area contributed by atoms with E-state index in [1.807, 2.05) is 43.3 Å². The average Bonchev–Trinajstić information content (AvgIpc) is 2.75. The summed E-state index contributed by atoms with van der Waals surface area (Å²) < 4.78 is 5.76. The number of aryl methyl sites for hydroxylation is 1. The highest BCUT2D eigenvalue weighted by Gasteiger charge is 2.45. The van der Waals surface area contributed by atoms with Crippen molar-refractivity contribution in [1.29, 1.82) is 0 Å². The number of ether oxygens (including phenoxy) is 1. The molecule has 32 heavy (non-hydrogen) atoms. The normalized spacial score (nSPS) is 15.6. The predicted molar refractivity (Wildman–Crippen MR) is 125 cm³/mol. The molecule has 3 rings (SSSR count). The lowest BCUT2D eigenvalue weighted by molar-refractivity contribution is -0.157. The van der Waals surface area contributed by atoms with Crippen LogP contribution in [0.1, 0.15) is 40.7 Å². The van der Waals surface area contributed by atoms with Crippen molar-refractivity contribution < 1.29 is 19.4 Å². The van der Waals surface area contributed by atoms with Gasteiger partial charge in [0.25, 0.3) is 0 Å². The number of rotatable bonds is 9. The van der Waals surface area contributed by atoms with Crippen molar-refractivity contribution in [2.24, 2.45) is 21.1 Å². The molecule has 0 amide bonds. The fourth-order valence-corrected chi connectivity index (χ4v) is 3.36. The second kappa shape index (κ2) is 10.5. The van der Waals surface area contributed by atoms with Crippen molar-refractivity contribution in [2.75, 3.05) is 13.2 Å². The molecule has 7 heteroatoms. The number of carboxylic acids is 1. The van der Waals surface area contributed by atoms with Crippen LogP contribution < -0.4 is 10.5 Å². The molecule has 2 aromatic carbocycles. The highest BCUT2D eigenvalue weighted by Crippen LogP contribution is 2.41. The number of amidine groups is 1. The first kappa shape index (κ1) is 22.9. The van der Waals surface area contributed by atoms with E-state index in [0.29, 0.717) is 24.2 Å². The Balaban J connectivity index is 1.62. The summed E-state index contributed by atoms with van der Waals surface area (Å²) in [6, 6.07) is 14.6. The van der Waals surface area contributed by atoms with Crippen molar-refractivity contribution in [1.82, 2.24) is 0 Å². The number of carbonyl (C=O) groups excluding carboxylic acids is 1. The van der Waals surface area contributed by atoms with Crippen LogP contribution >= 0.6 is 0 Å². The third kappa shape index (κ3) is 5.69. The maximum atomic E-state index is 12.6. The Morgan fingerprint density at radius 3 is 2.56 bits per heavy atom. The zero-order valence-corrected chi connectivity index (χ0v) is 18.0. The molecule has 0 saturated heterocycles. The fraction of sp³-hybridized carbons (Fsp3) is 0.280. The summed E-state index contributed by atoms with van der Waals surface area (Å²) in [7, 11) is 0. The van der Waals surface area contributed by atoms with Gasteiger partial charge in [-0.2, -0.15) is 0 Å². The number of nitrogens with zero attached hydrogens (tertiary/aromatic N) is 2. The summed E-state index contributed by atoms with van der Waals surface area (Å²) in [6.07, 6.45) is 6.93. The molecule has 0 unspecified atom stereocenters. The van der Waals surface area contributed by atoms with Crippen LogP contribution in [0.4, 0.5) is 0 Å². The molecule has 0 heterocycles. The van der Waals surface area contributed by atoms with Gasteiger partial charge in [-0.3, -0.25) is 14.6 Å². The minimum Gasteiger partial charge on any atom is -0.492 e. The fourth-order valence-electron chi connectivity index (χ4n) is 3.36. The van der Waals surface area contributed by atoms with E-state index in [2.05, 4.69) is 9.98 Å². The van der Waals surface area contributed by atoms with Crippen molar-refractivity contribution >= 4 is 30.0 Å². The Morgan fingerprint density at radius 1 is 1.19 bits per heavy atom. The summed E-state index contributed by atoms with van der Waals surface area (Å²) in [5, 5.41) is 9.42. The van der Waals surface area contributed by atoms with E-state index in [1.165, 1.54) is 0 Å². The lowest BCUT2D eigenvalue weighted by atomic mass is 9.69. The lowest BCUT2D eigenvalue weighted by Crippen LogP contribution is -2.43. The number of nitrogens with two attached hydrogens (primary N) is 1. The van der Waals surface area contributed by atoms with Gasteiger partial charge in [0.15, 0.2) is 5.84 Å². The number of hydrogen-bond acceptors (Lipinski definition) is 4. The predicted octanol–water partition coefficient (Wildman–Crippen LogP) is 3.91. The molecule has 1 aliphatic rings. The number of carboxylic acid groups (broad SMARTS) is 1. The number of aliphatic imine (C=N–C) groups is 2. The maximum absolute atomic E-state index is 12.6. The van der Waals surface area contributed by atoms with Gasteiger partial charge in [-0.1, -0.05) is 60.5 Å². The first-order valence-electron chi connectivity index (χ1n) is 10.5. The monoisotopic (exact) mass is 433 g/mol. The Labute approximate surface area is 187 Å².